The van der Waals surface area contributed by atoms with Crippen molar-refractivity contribution in [2.24, 2.45) is 11.8 Å². The third-order valence-electron chi connectivity index (χ3n) is 8.95. The molecule has 364 valence electrons. The Hall–Kier alpha value is -2.60. The Bertz CT molecular complexity index is 928. The molecule has 0 aliphatic heterocycles. The third-order valence-corrected chi connectivity index (χ3v) is 8.95. The fraction of sp³-hybridized carbons (Fsp3) is 0.840. The molecule has 0 aromatic rings. The van der Waals surface area contributed by atoms with Crippen molar-refractivity contribution in [2.75, 3.05) is 59.4 Å². The SMILES string of the molecule is C=C(COCCOCCC)NCCCCC(C)C.C=C(O)CCCCCCCCCCCCCCCCC(CCC(C)=O)C(=O)O.CC.CC=O.CCCOCCOCC=O. The van der Waals surface area contributed by atoms with Crippen LogP contribution < -0.4 is 5.32 Å². The number of hydrogen-bond donors (Lipinski definition) is 3. The summed E-state index contributed by atoms with van der Waals surface area (Å²) in [5.74, 6) is 0.0973. The number of carbonyl (C=O) groups excluding carboxylic acids is 3. The molecule has 0 saturated heterocycles. The highest BCUT2D eigenvalue weighted by atomic mass is 16.5. The minimum atomic E-state index is -0.752. The number of hydrogen-bond acceptors (Lipinski definition) is 10. The van der Waals surface area contributed by atoms with E-state index in [1.165, 1.54) is 104 Å². The molecule has 0 aromatic carbocycles. The van der Waals surface area contributed by atoms with E-state index in [1.54, 1.807) is 0 Å². The van der Waals surface area contributed by atoms with Gasteiger partial charge in [0, 0.05) is 38.3 Å². The maximum atomic E-state index is 11.2. The standard InChI is InChI=1S/C24H44O4.C15H31NO2.C7H14O3.C2H4O.C2H6/c1-21(25)17-15-13-11-9-7-5-3-4-6-8-10-12-14-16-18-23(24(27)28)20-19-22(2)26;1-5-10-17-11-12-18-13-15(4)16-9-7-6-8-14(2)3;1-2-4-9-6-7-10-5-3-8;1-2-3;1-2/h23,25H,1,3-20H2,2H3,(H,27,28);14,16H,4-13H2,1-3H3;3H,2,4-7H2,1H3;2H,1H3;1-2H3. The zero-order valence-electron chi connectivity index (χ0n) is 41.0. The number of ketones is 1. The molecule has 0 fully saturated rings. The minimum Gasteiger partial charge on any atom is -0.513 e. The summed E-state index contributed by atoms with van der Waals surface area (Å²) in [6.45, 7) is 28.9. The predicted molar refractivity (Wildman–Crippen MR) is 256 cm³/mol. The van der Waals surface area contributed by atoms with Crippen molar-refractivity contribution in [1.29, 1.82) is 0 Å². The summed E-state index contributed by atoms with van der Waals surface area (Å²) in [5, 5.41) is 21.5. The van der Waals surface area contributed by atoms with Crippen molar-refractivity contribution in [3.8, 4) is 0 Å². The molecule has 0 rings (SSSR count). The molecule has 3 N–H and O–H groups in total. The quantitative estimate of drug-likeness (QED) is 0.0305. The summed E-state index contributed by atoms with van der Waals surface area (Å²) in [7, 11) is 0. The Morgan fingerprint density at radius 3 is 1.44 bits per heavy atom. The van der Waals surface area contributed by atoms with E-state index in [9.17, 15) is 19.5 Å². The number of aldehydes is 2. The lowest BCUT2D eigenvalue weighted by Gasteiger charge is -2.11. The van der Waals surface area contributed by atoms with Crippen LogP contribution in [-0.4, -0.2) is 93.9 Å². The Labute approximate surface area is 376 Å². The van der Waals surface area contributed by atoms with E-state index >= 15 is 0 Å². The Morgan fingerprint density at radius 1 is 0.607 bits per heavy atom. The second-order valence-electron chi connectivity index (χ2n) is 15.5. The van der Waals surface area contributed by atoms with Crippen LogP contribution in [-0.2, 0) is 38.1 Å². The number of aliphatic hydroxyl groups is 1. The first-order valence-corrected chi connectivity index (χ1v) is 24.1. The number of carbonyl (C=O) groups is 4. The molecule has 0 heterocycles. The number of carboxylic acids is 1. The molecule has 1 atom stereocenters. The predicted octanol–water partition coefficient (Wildman–Crippen LogP) is 12.6. The van der Waals surface area contributed by atoms with E-state index in [0.717, 1.165) is 82.5 Å². The second-order valence-corrected chi connectivity index (χ2v) is 15.5. The summed E-state index contributed by atoms with van der Waals surface area (Å²) >= 11 is 0. The molecule has 0 radical (unpaired) electrons. The van der Waals surface area contributed by atoms with Crippen molar-refractivity contribution in [1.82, 2.24) is 5.32 Å². The molecule has 0 aliphatic carbocycles. The van der Waals surface area contributed by atoms with Crippen LogP contribution in [0.2, 0.25) is 0 Å². The number of unbranched alkanes of at least 4 members (excludes halogenated alkanes) is 14. The summed E-state index contributed by atoms with van der Waals surface area (Å²) in [4.78, 5) is 40.7. The molecular formula is C50H99NO10. The topological polar surface area (TPSA) is 158 Å². The van der Waals surface area contributed by atoms with E-state index in [1.807, 2.05) is 20.8 Å². The van der Waals surface area contributed by atoms with E-state index < -0.39 is 5.97 Å². The molecule has 0 amide bonds. The number of aliphatic carboxylic acids is 1. The Kier molecular flexibility index (Phi) is 68.2. The normalized spacial score (nSPS) is 10.6. The van der Waals surface area contributed by atoms with Crippen molar-refractivity contribution in [3.63, 3.8) is 0 Å². The fourth-order valence-electron chi connectivity index (χ4n) is 5.66. The van der Waals surface area contributed by atoms with Crippen LogP contribution in [0.5, 0.6) is 0 Å². The molecule has 0 bridgehead atoms. The molecular weight excluding hydrogens is 775 g/mol. The van der Waals surface area contributed by atoms with Crippen LogP contribution in [0.1, 0.15) is 203 Å². The van der Waals surface area contributed by atoms with Crippen LogP contribution in [0.3, 0.4) is 0 Å². The van der Waals surface area contributed by atoms with Crippen molar-refractivity contribution in [3.05, 3.63) is 24.6 Å². The van der Waals surface area contributed by atoms with Gasteiger partial charge in [0.2, 0.25) is 0 Å². The fourth-order valence-corrected chi connectivity index (χ4v) is 5.66. The lowest BCUT2D eigenvalue weighted by molar-refractivity contribution is -0.142. The van der Waals surface area contributed by atoms with Crippen molar-refractivity contribution >= 4 is 24.3 Å². The van der Waals surface area contributed by atoms with E-state index in [-0.39, 0.29) is 18.3 Å². The minimum absolute atomic E-state index is 0.0796. The zero-order valence-corrected chi connectivity index (χ0v) is 41.0. The molecule has 0 aliphatic rings. The van der Waals surface area contributed by atoms with Crippen LogP contribution in [0.15, 0.2) is 24.6 Å². The molecule has 0 aromatic heterocycles. The molecule has 0 saturated carbocycles. The lowest BCUT2D eigenvalue weighted by atomic mass is 9.95. The monoisotopic (exact) mass is 874 g/mol. The smallest absolute Gasteiger partial charge is 0.306 e. The molecule has 61 heavy (non-hydrogen) atoms. The van der Waals surface area contributed by atoms with E-state index in [4.69, 9.17) is 28.8 Å². The number of carboxylic acid groups (broad SMARTS) is 1. The maximum Gasteiger partial charge on any atom is 0.306 e. The largest absolute Gasteiger partial charge is 0.513 e. The van der Waals surface area contributed by atoms with Gasteiger partial charge in [-0.15, -0.1) is 0 Å². The van der Waals surface area contributed by atoms with Gasteiger partial charge in [-0.3, -0.25) is 4.79 Å². The van der Waals surface area contributed by atoms with Gasteiger partial charge in [-0.1, -0.05) is 151 Å². The Morgan fingerprint density at radius 2 is 1.03 bits per heavy atom. The first kappa shape index (κ1) is 67.5. The average molecular weight is 874 g/mol. The average Bonchev–Trinajstić information content (AvgIpc) is 3.22. The van der Waals surface area contributed by atoms with Crippen LogP contribution >= 0.6 is 0 Å². The molecule has 11 nitrogen and oxygen atoms in total. The lowest BCUT2D eigenvalue weighted by Crippen LogP contribution is -2.19. The number of aliphatic hydroxyl groups excluding tert-OH is 1. The molecule has 1 unspecified atom stereocenters. The maximum absolute atomic E-state index is 11.2. The Balaban J connectivity index is -0.000000269. The van der Waals surface area contributed by atoms with Crippen LogP contribution in [0.25, 0.3) is 0 Å². The molecule has 0 spiro atoms. The van der Waals surface area contributed by atoms with Crippen LogP contribution in [0.4, 0.5) is 0 Å². The van der Waals surface area contributed by atoms with Gasteiger partial charge in [0.1, 0.15) is 25.0 Å². The van der Waals surface area contributed by atoms with Gasteiger partial charge < -0.3 is 48.9 Å². The van der Waals surface area contributed by atoms with Crippen molar-refractivity contribution < 1.29 is 48.3 Å². The van der Waals surface area contributed by atoms with Gasteiger partial charge in [0.05, 0.1) is 44.7 Å². The number of nitrogens with one attached hydrogen (secondary N) is 1. The number of allylic oxidation sites excluding steroid dienone is 1. The van der Waals surface area contributed by atoms with E-state index in [2.05, 4.69) is 39.2 Å². The van der Waals surface area contributed by atoms with Crippen LogP contribution in [0, 0.1) is 11.8 Å². The number of ether oxygens (including phenoxy) is 4. The summed E-state index contributed by atoms with van der Waals surface area (Å²) < 4.78 is 20.7. The van der Waals surface area contributed by atoms with Gasteiger partial charge in [-0.05, 0) is 58.3 Å². The highest BCUT2D eigenvalue weighted by molar-refractivity contribution is 5.76. The van der Waals surface area contributed by atoms with Gasteiger partial charge in [0.15, 0.2) is 0 Å². The number of rotatable bonds is 41. The summed E-state index contributed by atoms with van der Waals surface area (Å²) in [6, 6.07) is 0. The molecule has 11 heteroatoms. The zero-order chi connectivity index (χ0) is 47.0. The second kappa shape index (κ2) is 61.7. The highest BCUT2D eigenvalue weighted by Crippen LogP contribution is 2.18. The van der Waals surface area contributed by atoms with E-state index in [0.29, 0.717) is 58.1 Å². The highest BCUT2D eigenvalue weighted by Gasteiger charge is 2.17. The summed E-state index contributed by atoms with van der Waals surface area (Å²) in [6.07, 6.45) is 27.0. The van der Waals surface area contributed by atoms with Gasteiger partial charge in [-0.25, -0.2) is 0 Å². The summed E-state index contributed by atoms with van der Waals surface area (Å²) in [5.41, 5.74) is 0.968. The van der Waals surface area contributed by atoms with Gasteiger partial charge in [0.25, 0.3) is 0 Å². The first-order chi connectivity index (χ1) is 29.4. The first-order valence-electron chi connectivity index (χ1n) is 24.1. The van der Waals surface area contributed by atoms with Gasteiger partial charge in [-0.2, -0.15) is 0 Å². The van der Waals surface area contributed by atoms with Gasteiger partial charge >= 0.3 is 5.97 Å². The van der Waals surface area contributed by atoms with Crippen molar-refractivity contribution in [2.45, 2.75) is 203 Å². The third kappa shape index (κ3) is 75.2. The number of Topliss-reactive ketones (excluding diaryl/α,β-unsaturated/α-hetero) is 1.